The number of para-hydroxylation sites is 1. The van der Waals surface area contributed by atoms with Crippen LogP contribution in [0.2, 0.25) is 0 Å². The minimum Gasteiger partial charge on any atom is -0.311 e. The van der Waals surface area contributed by atoms with Crippen molar-refractivity contribution < 1.29 is 0 Å². The van der Waals surface area contributed by atoms with E-state index in [0.29, 0.717) is 0 Å². The number of hydrogen-bond acceptors (Lipinski definition) is 3. The van der Waals surface area contributed by atoms with Crippen molar-refractivity contribution in [1.29, 1.82) is 0 Å². The van der Waals surface area contributed by atoms with Crippen LogP contribution < -0.4 is 4.90 Å². The van der Waals surface area contributed by atoms with Crippen molar-refractivity contribution in [2.24, 2.45) is 0 Å². The Kier molecular flexibility index (Phi) is 6.61. The highest BCUT2D eigenvalue weighted by atomic mass is 79.9. The van der Waals surface area contributed by atoms with Crippen molar-refractivity contribution in [3.05, 3.63) is 135 Å². The molecule has 0 aliphatic carbocycles. The Bertz CT molecular complexity index is 1800. The molecule has 188 valence electrons. The van der Waals surface area contributed by atoms with E-state index in [1.54, 1.807) is 22.7 Å². The van der Waals surface area contributed by atoms with E-state index in [1.165, 1.54) is 50.0 Å². The fraction of sp³-hybridized carbons (Fsp3) is 0. The van der Waals surface area contributed by atoms with Gasteiger partial charge in [0.15, 0.2) is 0 Å². The van der Waals surface area contributed by atoms with Gasteiger partial charge in [-0.15, -0.1) is 22.7 Å². The average molecular weight is 667 g/mol. The van der Waals surface area contributed by atoms with E-state index in [1.807, 2.05) is 0 Å². The summed E-state index contributed by atoms with van der Waals surface area (Å²) < 4.78 is 4.91. The Morgan fingerprint density at radius 1 is 0.410 bits per heavy atom. The van der Waals surface area contributed by atoms with Gasteiger partial charge in [0.2, 0.25) is 0 Å². The van der Waals surface area contributed by atoms with Crippen molar-refractivity contribution in [3.63, 3.8) is 0 Å². The largest absolute Gasteiger partial charge is 0.311 e. The molecule has 39 heavy (non-hydrogen) atoms. The molecule has 0 aliphatic rings. The predicted molar refractivity (Wildman–Crippen MR) is 178 cm³/mol. The highest BCUT2D eigenvalue weighted by Crippen LogP contribution is 2.45. The first-order valence-electron chi connectivity index (χ1n) is 12.6. The van der Waals surface area contributed by atoms with Crippen LogP contribution in [0.25, 0.3) is 42.4 Å². The Hall–Kier alpha value is -3.22. The van der Waals surface area contributed by atoms with Crippen LogP contribution in [0.3, 0.4) is 0 Å². The van der Waals surface area contributed by atoms with Crippen LogP contribution in [0.1, 0.15) is 0 Å². The highest BCUT2D eigenvalue weighted by molar-refractivity contribution is 9.11. The number of halogens is 2. The number of benzene rings is 5. The standard InChI is InChI=1S/C34H21Br2NS2/c35-33-31(27-10-4-6-12-29(27)38-33)22-14-18-25(19-15-22)37(24-8-2-1-3-9-24)26-20-16-23(17-21-26)32-28-11-5-7-13-30(28)39-34(32)36/h1-21H. The monoisotopic (exact) mass is 665 g/mol. The zero-order chi connectivity index (χ0) is 26.3. The first-order chi connectivity index (χ1) is 19.2. The van der Waals surface area contributed by atoms with E-state index >= 15 is 0 Å². The summed E-state index contributed by atoms with van der Waals surface area (Å²) in [6.07, 6.45) is 0. The predicted octanol–water partition coefficient (Wildman–Crippen LogP) is 12.4. The first kappa shape index (κ1) is 24.8. The third-order valence-corrected chi connectivity index (χ3v) is 10.6. The normalized spacial score (nSPS) is 11.3. The maximum absolute atomic E-state index is 3.82. The molecule has 0 amide bonds. The fourth-order valence-electron chi connectivity index (χ4n) is 5.15. The van der Waals surface area contributed by atoms with Crippen LogP contribution in [0.4, 0.5) is 17.1 Å². The number of thiophene rings is 2. The van der Waals surface area contributed by atoms with Crippen LogP contribution in [0.15, 0.2) is 135 Å². The molecule has 0 aliphatic heterocycles. The molecule has 0 fully saturated rings. The van der Waals surface area contributed by atoms with E-state index in [-0.39, 0.29) is 0 Å². The van der Waals surface area contributed by atoms with Gasteiger partial charge < -0.3 is 4.90 Å². The number of hydrogen-bond donors (Lipinski definition) is 0. The topological polar surface area (TPSA) is 3.24 Å². The molecule has 0 spiro atoms. The molecule has 0 atom stereocenters. The van der Waals surface area contributed by atoms with Crippen LogP contribution >= 0.6 is 54.5 Å². The molecule has 1 nitrogen and oxygen atoms in total. The summed E-state index contributed by atoms with van der Waals surface area (Å²) in [5.41, 5.74) is 8.30. The molecule has 5 heteroatoms. The van der Waals surface area contributed by atoms with Crippen LogP contribution in [-0.2, 0) is 0 Å². The van der Waals surface area contributed by atoms with Crippen LogP contribution in [0.5, 0.6) is 0 Å². The molecular formula is C34H21Br2NS2. The second-order valence-corrected chi connectivity index (χ2v) is 14.0. The highest BCUT2D eigenvalue weighted by Gasteiger charge is 2.17. The molecule has 7 aromatic rings. The van der Waals surface area contributed by atoms with Crippen molar-refractivity contribution in [2.75, 3.05) is 4.90 Å². The Labute approximate surface area is 252 Å². The van der Waals surface area contributed by atoms with Crippen molar-refractivity contribution in [3.8, 4) is 22.3 Å². The molecule has 0 unspecified atom stereocenters. The van der Waals surface area contributed by atoms with Gasteiger partial charge in [-0.3, -0.25) is 0 Å². The quantitative estimate of drug-likeness (QED) is 0.177. The molecule has 0 N–H and O–H groups in total. The Morgan fingerprint density at radius 3 is 1.26 bits per heavy atom. The minimum atomic E-state index is 1.12. The van der Waals surface area contributed by atoms with Gasteiger partial charge in [0.1, 0.15) is 0 Å². The van der Waals surface area contributed by atoms with Gasteiger partial charge in [-0.05, 0) is 91.5 Å². The van der Waals surface area contributed by atoms with E-state index in [2.05, 4.69) is 164 Å². The second kappa shape index (κ2) is 10.4. The van der Waals surface area contributed by atoms with Crippen molar-refractivity contribution in [1.82, 2.24) is 0 Å². The summed E-state index contributed by atoms with van der Waals surface area (Å²) >= 11 is 11.2. The lowest BCUT2D eigenvalue weighted by atomic mass is 10.0. The number of nitrogens with zero attached hydrogens (tertiary/aromatic N) is 1. The van der Waals surface area contributed by atoms with E-state index in [4.69, 9.17) is 0 Å². The smallest absolute Gasteiger partial charge is 0.0789 e. The molecule has 2 aromatic heterocycles. The molecular weight excluding hydrogens is 646 g/mol. The lowest BCUT2D eigenvalue weighted by molar-refractivity contribution is 1.28. The van der Waals surface area contributed by atoms with Crippen molar-refractivity contribution >= 4 is 91.8 Å². The number of anilines is 3. The third-order valence-electron chi connectivity index (χ3n) is 6.95. The SMILES string of the molecule is Brc1sc2ccccc2c1-c1ccc(N(c2ccccc2)c2ccc(-c3c(Br)sc4ccccc34)cc2)cc1. The van der Waals surface area contributed by atoms with Gasteiger partial charge in [0, 0.05) is 48.4 Å². The number of fused-ring (bicyclic) bond motifs is 2. The average Bonchev–Trinajstić information content (AvgIpc) is 3.49. The fourth-order valence-corrected chi connectivity index (χ4v) is 8.98. The Morgan fingerprint density at radius 2 is 0.795 bits per heavy atom. The first-order valence-corrected chi connectivity index (χ1v) is 15.8. The van der Waals surface area contributed by atoms with Crippen molar-refractivity contribution in [2.45, 2.75) is 0 Å². The number of rotatable bonds is 5. The van der Waals surface area contributed by atoms with E-state index < -0.39 is 0 Å². The van der Waals surface area contributed by atoms with Gasteiger partial charge in [-0.25, -0.2) is 0 Å². The lowest BCUT2D eigenvalue weighted by Gasteiger charge is -2.26. The summed E-state index contributed by atoms with van der Waals surface area (Å²) in [4.78, 5) is 2.31. The van der Waals surface area contributed by atoms with Gasteiger partial charge in [0.05, 0.1) is 7.57 Å². The summed E-state index contributed by atoms with van der Waals surface area (Å²) in [5, 5.41) is 2.56. The van der Waals surface area contributed by atoms with Gasteiger partial charge in [0.25, 0.3) is 0 Å². The van der Waals surface area contributed by atoms with E-state index in [9.17, 15) is 0 Å². The molecule has 0 saturated carbocycles. The maximum atomic E-state index is 3.82. The van der Waals surface area contributed by atoms with Crippen LogP contribution in [-0.4, -0.2) is 0 Å². The second-order valence-electron chi connectivity index (χ2n) is 9.26. The summed E-state index contributed by atoms with van der Waals surface area (Å²) in [6, 6.07) is 45.5. The lowest BCUT2D eigenvalue weighted by Crippen LogP contribution is -2.09. The summed E-state index contributed by atoms with van der Waals surface area (Å²) in [7, 11) is 0. The maximum Gasteiger partial charge on any atom is 0.0789 e. The molecule has 0 bridgehead atoms. The molecule has 7 rings (SSSR count). The summed E-state index contributed by atoms with van der Waals surface area (Å²) in [5.74, 6) is 0. The zero-order valence-electron chi connectivity index (χ0n) is 20.6. The van der Waals surface area contributed by atoms with Gasteiger partial charge in [-0.2, -0.15) is 0 Å². The minimum absolute atomic E-state index is 1.12. The van der Waals surface area contributed by atoms with Crippen LogP contribution in [0, 0.1) is 0 Å². The molecule has 5 aromatic carbocycles. The summed E-state index contributed by atoms with van der Waals surface area (Å²) in [6.45, 7) is 0. The zero-order valence-corrected chi connectivity index (χ0v) is 25.4. The Balaban J connectivity index is 1.29. The molecule has 2 heterocycles. The van der Waals surface area contributed by atoms with Gasteiger partial charge in [-0.1, -0.05) is 78.9 Å². The molecule has 0 radical (unpaired) electrons. The van der Waals surface area contributed by atoms with E-state index in [0.717, 1.165) is 17.1 Å². The van der Waals surface area contributed by atoms with Gasteiger partial charge >= 0.3 is 0 Å². The molecule has 0 saturated heterocycles. The third kappa shape index (κ3) is 4.53.